The molecular weight excluding hydrogens is 206 g/mol. The van der Waals surface area contributed by atoms with Crippen LogP contribution in [0.2, 0.25) is 0 Å². The van der Waals surface area contributed by atoms with Crippen molar-refractivity contribution in [1.82, 2.24) is 0 Å². The maximum atomic E-state index is 11.4. The number of hydrogen-bond acceptors (Lipinski definition) is 3. The van der Waals surface area contributed by atoms with E-state index >= 15 is 0 Å². The van der Waals surface area contributed by atoms with E-state index in [0.29, 0.717) is 13.2 Å². The zero-order valence-electron chi connectivity index (χ0n) is 8.90. The highest BCUT2D eigenvalue weighted by molar-refractivity contribution is 5.93. The summed E-state index contributed by atoms with van der Waals surface area (Å²) in [5, 5.41) is 1.01. The summed E-state index contributed by atoms with van der Waals surface area (Å²) in [5.41, 5.74) is 2.77. The second kappa shape index (κ2) is 3.27. The molecule has 0 unspecified atom stereocenters. The van der Waals surface area contributed by atoms with Crippen molar-refractivity contribution in [1.29, 1.82) is 0 Å². The van der Waals surface area contributed by atoms with E-state index in [1.807, 2.05) is 25.1 Å². The summed E-state index contributed by atoms with van der Waals surface area (Å²) in [7, 11) is 0. The first-order chi connectivity index (χ1) is 7.75. The van der Waals surface area contributed by atoms with Crippen molar-refractivity contribution in [2.75, 3.05) is 18.1 Å². The lowest BCUT2D eigenvalue weighted by molar-refractivity contribution is 0.181. The molecule has 4 heteroatoms. The molecular formula is C12H11NO3. The van der Waals surface area contributed by atoms with E-state index in [1.165, 1.54) is 0 Å². The Bertz CT molecular complexity index is 558. The molecule has 2 heterocycles. The summed E-state index contributed by atoms with van der Waals surface area (Å²) in [4.78, 5) is 13.1. The van der Waals surface area contributed by atoms with Crippen LogP contribution >= 0.6 is 0 Å². The summed E-state index contributed by atoms with van der Waals surface area (Å²) >= 11 is 0. The third kappa shape index (κ3) is 1.26. The first kappa shape index (κ1) is 9.27. The number of benzene rings is 1. The number of carbonyl (C=O) groups is 1. The molecule has 1 aromatic heterocycles. The summed E-state index contributed by atoms with van der Waals surface area (Å²) in [6.07, 6.45) is 1.38. The highest BCUT2D eigenvalue weighted by Gasteiger charge is 2.24. The van der Waals surface area contributed by atoms with Gasteiger partial charge >= 0.3 is 6.09 Å². The average Bonchev–Trinajstić information content (AvgIpc) is 2.85. The second-order valence-electron chi connectivity index (χ2n) is 3.87. The monoisotopic (exact) mass is 217 g/mol. The molecule has 1 aliphatic heterocycles. The van der Waals surface area contributed by atoms with E-state index in [2.05, 4.69) is 0 Å². The zero-order valence-corrected chi connectivity index (χ0v) is 8.90. The molecule has 3 rings (SSSR count). The largest absolute Gasteiger partial charge is 0.464 e. The molecule has 82 valence electrons. The van der Waals surface area contributed by atoms with Crippen LogP contribution in [-0.2, 0) is 4.74 Å². The van der Waals surface area contributed by atoms with Gasteiger partial charge in [-0.05, 0) is 30.7 Å². The number of hydrogen-bond donors (Lipinski definition) is 0. The first-order valence-corrected chi connectivity index (χ1v) is 5.18. The van der Waals surface area contributed by atoms with Crippen LogP contribution in [0.4, 0.5) is 10.5 Å². The van der Waals surface area contributed by atoms with Gasteiger partial charge in [-0.1, -0.05) is 0 Å². The van der Waals surface area contributed by atoms with Gasteiger partial charge in [-0.3, -0.25) is 4.90 Å². The van der Waals surface area contributed by atoms with Gasteiger partial charge in [-0.25, -0.2) is 4.79 Å². The van der Waals surface area contributed by atoms with Gasteiger partial charge in [0.2, 0.25) is 0 Å². The molecule has 0 radical (unpaired) electrons. The van der Waals surface area contributed by atoms with Crippen molar-refractivity contribution in [3.63, 3.8) is 0 Å². The minimum atomic E-state index is -0.276. The van der Waals surface area contributed by atoms with Crippen LogP contribution in [0, 0.1) is 6.92 Å². The topological polar surface area (TPSA) is 42.7 Å². The number of carbonyl (C=O) groups excluding carboxylic acids is 1. The molecule has 1 saturated heterocycles. The lowest BCUT2D eigenvalue weighted by Gasteiger charge is -2.13. The number of amides is 1. The molecule has 4 nitrogen and oxygen atoms in total. The van der Waals surface area contributed by atoms with E-state index in [9.17, 15) is 4.79 Å². The Morgan fingerprint density at radius 2 is 2.25 bits per heavy atom. The maximum Gasteiger partial charge on any atom is 0.414 e. The number of anilines is 1. The fraction of sp³-hybridized carbons (Fsp3) is 0.250. The zero-order chi connectivity index (χ0) is 11.1. The molecule has 1 amide bonds. The standard InChI is InChI=1S/C12H11NO3/c1-8-6-10(13-3-5-16-12(13)14)7-9-2-4-15-11(8)9/h2,4,6-7H,3,5H2,1H3. The molecule has 1 aliphatic rings. The van der Waals surface area contributed by atoms with Gasteiger partial charge < -0.3 is 9.15 Å². The molecule has 0 aliphatic carbocycles. The molecule has 1 fully saturated rings. The second-order valence-corrected chi connectivity index (χ2v) is 3.87. The fourth-order valence-electron chi connectivity index (χ4n) is 2.03. The number of aryl methyl sites for hydroxylation is 1. The van der Waals surface area contributed by atoms with Crippen molar-refractivity contribution in [3.05, 3.63) is 30.0 Å². The third-order valence-electron chi connectivity index (χ3n) is 2.79. The SMILES string of the molecule is Cc1cc(N2CCOC2=O)cc2ccoc12. The van der Waals surface area contributed by atoms with Crippen LogP contribution in [-0.4, -0.2) is 19.2 Å². The molecule has 2 aromatic rings. The highest BCUT2D eigenvalue weighted by Crippen LogP contribution is 2.28. The number of furan rings is 1. The highest BCUT2D eigenvalue weighted by atomic mass is 16.6. The van der Waals surface area contributed by atoms with Crippen molar-refractivity contribution >= 4 is 22.7 Å². The molecule has 0 saturated carbocycles. The smallest absolute Gasteiger partial charge is 0.414 e. The number of ether oxygens (including phenoxy) is 1. The Labute approximate surface area is 92.4 Å². The minimum absolute atomic E-state index is 0.276. The lowest BCUT2D eigenvalue weighted by atomic mass is 10.1. The van der Waals surface area contributed by atoms with Gasteiger partial charge in [0.15, 0.2) is 0 Å². The van der Waals surface area contributed by atoms with Crippen molar-refractivity contribution < 1.29 is 13.9 Å². The number of rotatable bonds is 1. The van der Waals surface area contributed by atoms with Crippen LogP contribution in [0.15, 0.2) is 28.9 Å². The van der Waals surface area contributed by atoms with Crippen molar-refractivity contribution in [2.24, 2.45) is 0 Å². The quantitative estimate of drug-likeness (QED) is 0.737. The normalized spacial score (nSPS) is 15.8. The van der Waals surface area contributed by atoms with Crippen LogP contribution in [0.1, 0.15) is 5.56 Å². The van der Waals surface area contributed by atoms with Gasteiger partial charge in [-0.2, -0.15) is 0 Å². The van der Waals surface area contributed by atoms with Crippen LogP contribution in [0.25, 0.3) is 11.0 Å². The van der Waals surface area contributed by atoms with Crippen molar-refractivity contribution in [3.8, 4) is 0 Å². The molecule has 0 bridgehead atoms. The van der Waals surface area contributed by atoms with E-state index in [1.54, 1.807) is 11.2 Å². The Hall–Kier alpha value is -1.97. The number of cyclic esters (lactones) is 1. The first-order valence-electron chi connectivity index (χ1n) is 5.18. The summed E-state index contributed by atoms with van der Waals surface area (Å²) < 4.78 is 10.3. The molecule has 1 aromatic carbocycles. The maximum absolute atomic E-state index is 11.4. The van der Waals surface area contributed by atoms with E-state index < -0.39 is 0 Å². The van der Waals surface area contributed by atoms with Crippen LogP contribution < -0.4 is 4.90 Å². The summed E-state index contributed by atoms with van der Waals surface area (Å²) in [5.74, 6) is 0. The van der Waals surface area contributed by atoms with Gasteiger partial charge in [0.1, 0.15) is 12.2 Å². The van der Waals surface area contributed by atoms with Crippen LogP contribution in [0.3, 0.4) is 0 Å². The predicted molar refractivity (Wildman–Crippen MR) is 59.6 cm³/mol. The van der Waals surface area contributed by atoms with Crippen molar-refractivity contribution in [2.45, 2.75) is 6.92 Å². The Morgan fingerprint density at radius 1 is 1.38 bits per heavy atom. The van der Waals surface area contributed by atoms with Crippen LogP contribution in [0.5, 0.6) is 0 Å². The van der Waals surface area contributed by atoms with Gasteiger partial charge in [-0.15, -0.1) is 0 Å². The van der Waals surface area contributed by atoms with Gasteiger partial charge in [0, 0.05) is 11.1 Å². The summed E-state index contributed by atoms with van der Waals surface area (Å²) in [6, 6.07) is 5.78. The van der Waals surface area contributed by atoms with E-state index in [0.717, 1.165) is 22.2 Å². The Balaban J connectivity index is 2.13. The molecule has 16 heavy (non-hydrogen) atoms. The van der Waals surface area contributed by atoms with Gasteiger partial charge in [0.25, 0.3) is 0 Å². The van der Waals surface area contributed by atoms with E-state index in [4.69, 9.17) is 9.15 Å². The third-order valence-corrected chi connectivity index (χ3v) is 2.79. The lowest BCUT2D eigenvalue weighted by Crippen LogP contribution is -2.23. The fourth-order valence-corrected chi connectivity index (χ4v) is 2.03. The molecule has 0 N–H and O–H groups in total. The number of nitrogens with zero attached hydrogens (tertiary/aromatic N) is 1. The Morgan fingerprint density at radius 3 is 3.00 bits per heavy atom. The van der Waals surface area contributed by atoms with E-state index in [-0.39, 0.29) is 6.09 Å². The average molecular weight is 217 g/mol. The van der Waals surface area contributed by atoms with Gasteiger partial charge in [0.05, 0.1) is 12.8 Å². The number of fused-ring (bicyclic) bond motifs is 1. The minimum Gasteiger partial charge on any atom is -0.464 e. The molecule has 0 spiro atoms. The predicted octanol–water partition coefficient (Wildman–Crippen LogP) is 2.70. The Kier molecular flexibility index (Phi) is 1.89. The summed E-state index contributed by atoms with van der Waals surface area (Å²) in [6.45, 7) is 3.04. The molecule has 0 atom stereocenters.